The second-order valence-corrected chi connectivity index (χ2v) is 5.83. The molecule has 0 aliphatic carbocycles. The summed E-state index contributed by atoms with van der Waals surface area (Å²) in [6, 6.07) is 3.93. The van der Waals surface area contributed by atoms with E-state index in [0.29, 0.717) is 5.92 Å². The van der Waals surface area contributed by atoms with Crippen LogP contribution < -0.4 is 5.32 Å². The van der Waals surface area contributed by atoms with Crippen molar-refractivity contribution in [2.24, 2.45) is 0 Å². The molecule has 2 heterocycles. The number of hydrogen-bond donors (Lipinski definition) is 1. The predicted octanol–water partition coefficient (Wildman–Crippen LogP) is 4.48. The van der Waals surface area contributed by atoms with Gasteiger partial charge < -0.3 is 5.32 Å². The highest BCUT2D eigenvalue weighted by atomic mass is 79.9. The minimum atomic E-state index is 0.460. The van der Waals surface area contributed by atoms with Crippen LogP contribution in [0.4, 0.5) is 10.9 Å². The maximum atomic E-state index is 4.51. The maximum Gasteiger partial charge on any atom is 0.188 e. The molecule has 0 fully saturated rings. The van der Waals surface area contributed by atoms with Gasteiger partial charge in [-0.3, -0.25) is 0 Å². The van der Waals surface area contributed by atoms with Gasteiger partial charge in [-0.25, -0.2) is 9.97 Å². The molecular formula is C12H14BrN3S. The van der Waals surface area contributed by atoms with E-state index in [0.717, 1.165) is 26.8 Å². The van der Waals surface area contributed by atoms with Crippen molar-refractivity contribution in [3.05, 3.63) is 33.4 Å². The second kappa shape index (κ2) is 5.14. The Labute approximate surface area is 113 Å². The number of hydrogen-bond acceptors (Lipinski definition) is 4. The van der Waals surface area contributed by atoms with Gasteiger partial charge in [0.15, 0.2) is 5.13 Å². The Morgan fingerprint density at radius 3 is 2.65 bits per heavy atom. The lowest BCUT2D eigenvalue weighted by Crippen LogP contribution is -1.95. The molecule has 0 bridgehead atoms. The fourth-order valence-corrected chi connectivity index (χ4v) is 2.43. The smallest absolute Gasteiger partial charge is 0.188 e. The number of halogens is 1. The van der Waals surface area contributed by atoms with E-state index in [9.17, 15) is 0 Å². The van der Waals surface area contributed by atoms with Crippen molar-refractivity contribution in [1.29, 1.82) is 0 Å². The quantitative estimate of drug-likeness (QED) is 0.908. The van der Waals surface area contributed by atoms with Crippen LogP contribution in [0.15, 0.2) is 22.0 Å². The Kier molecular flexibility index (Phi) is 3.79. The van der Waals surface area contributed by atoms with E-state index < -0.39 is 0 Å². The Hall–Kier alpha value is -0.940. The Bertz CT molecular complexity index is 522. The Balaban J connectivity index is 2.16. The molecule has 2 aromatic rings. The summed E-state index contributed by atoms with van der Waals surface area (Å²) in [6.07, 6.45) is 0. The molecule has 0 atom stereocenters. The molecule has 0 saturated carbocycles. The number of nitrogens with one attached hydrogen (secondary N) is 1. The molecule has 0 spiro atoms. The zero-order valence-corrected chi connectivity index (χ0v) is 12.4. The van der Waals surface area contributed by atoms with Gasteiger partial charge in [0.25, 0.3) is 0 Å². The van der Waals surface area contributed by atoms with E-state index in [-0.39, 0.29) is 0 Å². The van der Waals surface area contributed by atoms with Crippen LogP contribution in [0, 0.1) is 6.92 Å². The summed E-state index contributed by atoms with van der Waals surface area (Å²) >= 11 is 5.04. The van der Waals surface area contributed by atoms with Gasteiger partial charge in [0.05, 0.1) is 11.4 Å². The van der Waals surface area contributed by atoms with Crippen LogP contribution in [0.3, 0.4) is 0 Å². The van der Waals surface area contributed by atoms with Crippen molar-refractivity contribution >= 4 is 38.2 Å². The van der Waals surface area contributed by atoms with Gasteiger partial charge in [0, 0.05) is 9.85 Å². The Morgan fingerprint density at radius 2 is 2.06 bits per heavy atom. The van der Waals surface area contributed by atoms with Crippen molar-refractivity contribution < 1.29 is 0 Å². The molecule has 2 rings (SSSR count). The van der Waals surface area contributed by atoms with E-state index >= 15 is 0 Å². The number of nitrogens with zero attached hydrogens (tertiary/aromatic N) is 2. The molecule has 90 valence electrons. The van der Waals surface area contributed by atoms with E-state index in [4.69, 9.17) is 0 Å². The van der Waals surface area contributed by atoms with E-state index in [1.165, 1.54) is 0 Å². The summed E-state index contributed by atoms with van der Waals surface area (Å²) in [5.41, 5.74) is 2.09. The van der Waals surface area contributed by atoms with Crippen molar-refractivity contribution in [2.45, 2.75) is 26.7 Å². The highest BCUT2D eigenvalue weighted by Gasteiger charge is 2.06. The minimum absolute atomic E-state index is 0.460. The predicted molar refractivity (Wildman–Crippen MR) is 76.2 cm³/mol. The van der Waals surface area contributed by atoms with Gasteiger partial charge in [0.2, 0.25) is 0 Å². The third kappa shape index (κ3) is 3.04. The summed E-state index contributed by atoms with van der Waals surface area (Å²) in [5, 5.41) is 6.20. The lowest BCUT2D eigenvalue weighted by Gasteiger charge is -2.04. The average Bonchev–Trinajstić information content (AvgIpc) is 2.72. The number of aryl methyl sites for hydroxylation is 1. The zero-order valence-electron chi connectivity index (χ0n) is 9.99. The summed E-state index contributed by atoms with van der Waals surface area (Å²) in [7, 11) is 0. The zero-order chi connectivity index (χ0) is 12.4. The van der Waals surface area contributed by atoms with E-state index in [2.05, 4.69) is 50.4 Å². The first-order valence-electron chi connectivity index (χ1n) is 5.42. The third-order valence-electron chi connectivity index (χ3n) is 2.37. The first kappa shape index (κ1) is 12.5. The number of pyridine rings is 1. The molecule has 3 nitrogen and oxygen atoms in total. The second-order valence-electron chi connectivity index (χ2n) is 4.12. The molecule has 0 aliphatic heterocycles. The summed E-state index contributed by atoms with van der Waals surface area (Å²) in [6.45, 7) is 6.25. The van der Waals surface area contributed by atoms with Crippen LogP contribution >= 0.6 is 27.3 Å². The first-order valence-corrected chi connectivity index (χ1v) is 7.09. The molecule has 0 amide bonds. The van der Waals surface area contributed by atoms with Crippen LogP contribution in [-0.4, -0.2) is 9.97 Å². The normalized spacial score (nSPS) is 10.9. The molecule has 0 unspecified atom stereocenters. The summed E-state index contributed by atoms with van der Waals surface area (Å²) in [4.78, 5) is 8.94. The van der Waals surface area contributed by atoms with Crippen molar-refractivity contribution in [3.8, 4) is 0 Å². The van der Waals surface area contributed by atoms with Gasteiger partial charge in [0.1, 0.15) is 5.82 Å². The standard InChI is InChI=1S/C12H14BrN3S/c1-7(2)10-6-17-12(15-10)16-11-5-4-9(13)8(3)14-11/h4-7H,1-3H3,(H,14,15,16). The maximum absolute atomic E-state index is 4.51. The molecule has 0 radical (unpaired) electrons. The average molecular weight is 312 g/mol. The number of anilines is 2. The fourth-order valence-electron chi connectivity index (χ4n) is 1.33. The van der Waals surface area contributed by atoms with Crippen LogP contribution in [0.5, 0.6) is 0 Å². The van der Waals surface area contributed by atoms with Gasteiger partial charge >= 0.3 is 0 Å². The molecule has 0 aromatic carbocycles. The van der Waals surface area contributed by atoms with Gasteiger partial charge in [-0.15, -0.1) is 11.3 Å². The SMILES string of the molecule is Cc1nc(Nc2nc(C(C)C)cs2)ccc1Br. The van der Waals surface area contributed by atoms with Gasteiger partial charge in [-0.05, 0) is 40.9 Å². The fraction of sp³-hybridized carbons (Fsp3) is 0.333. The van der Waals surface area contributed by atoms with Crippen LogP contribution in [0.1, 0.15) is 31.2 Å². The van der Waals surface area contributed by atoms with Crippen LogP contribution in [-0.2, 0) is 0 Å². The topological polar surface area (TPSA) is 37.8 Å². The lowest BCUT2D eigenvalue weighted by atomic mass is 10.2. The van der Waals surface area contributed by atoms with Gasteiger partial charge in [-0.1, -0.05) is 13.8 Å². The van der Waals surface area contributed by atoms with E-state index in [1.807, 2.05) is 19.1 Å². The van der Waals surface area contributed by atoms with Crippen LogP contribution in [0.2, 0.25) is 0 Å². The molecule has 2 aromatic heterocycles. The van der Waals surface area contributed by atoms with Crippen molar-refractivity contribution in [1.82, 2.24) is 9.97 Å². The molecule has 17 heavy (non-hydrogen) atoms. The highest BCUT2D eigenvalue weighted by molar-refractivity contribution is 9.10. The van der Waals surface area contributed by atoms with Crippen LogP contribution in [0.25, 0.3) is 0 Å². The Morgan fingerprint density at radius 1 is 1.29 bits per heavy atom. The third-order valence-corrected chi connectivity index (χ3v) is 3.98. The molecule has 0 aliphatic rings. The summed E-state index contributed by atoms with van der Waals surface area (Å²) < 4.78 is 1.02. The first-order chi connectivity index (χ1) is 8.06. The number of thiazole rings is 1. The molecular weight excluding hydrogens is 298 g/mol. The summed E-state index contributed by atoms with van der Waals surface area (Å²) in [5.74, 6) is 1.29. The minimum Gasteiger partial charge on any atom is -0.316 e. The van der Waals surface area contributed by atoms with E-state index in [1.54, 1.807) is 11.3 Å². The molecule has 1 N–H and O–H groups in total. The van der Waals surface area contributed by atoms with Crippen molar-refractivity contribution in [2.75, 3.05) is 5.32 Å². The molecule has 0 saturated heterocycles. The van der Waals surface area contributed by atoms with Crippen molar-refractivity contribution in [3.63, 3.8) is 0 Å². The lowest BCUT2D eigenvalue weighted by molar-refractivity contribution is 0.834. The number of rotatable bonds is 3. The largest absolute Gasteiger partial charge is 0.316 e. The number of aromatic nitrogens is 2. The molecule has 5 heteroatoms. The van der Waals surface area contributed by atoms with Gasteiger partial charge in [-0.2, -0.15) is 0 Å². The highest BCUT2D eigenvalue weighted by Crippen LogP contribution is 2.25. The monoisotopic (exact) mass is 311 g/mol.